The number of amides is 3. The SMILES string of the molecule is CC(C)C(NC(=O)C(NC(=O)C(Cc1ccccc1)NC(=O)C(N)Cc1c[nH]c2ccccc12)C(C)O)C(=O)O. The normalized spacial score (nSPS) is 15.1. The summed E-state index contributed by atoms with van der Waals surface area (Å²) >= 11 is 0. The highest BCUT2D eigenvalue weighted by molar-refractivity contribution is 5.95. The van der Waals surface area contributed by atoms with E-state index in [0.717, 1.165) is 22.0 Å². The van der Waals surface area contributed by atoms with Crippen molar-refractivity contribution in [3.63, 3.8) is 0 Å². The van der Waals surface area contributed by atoms with Gasteiger partial charge in [0.15, 0.2) is 0 Å². The number of carbonyl (C=O) groups excluding carboxylic acids is 3. The van der Waals surface area contributed by atoms with Crippen LogP contribution in [0.5, 0.6) is 0 Å². The second-order valence-electron chi connectivity index (χ2n) is 10.2. The first-order valence-corrected chi connectivity index (χ1v) is 13.1. The molecule has 214 valence electrons. The molecule has 0 fully saturated rings. The molecule has 3 rings (SSSR count). The summed E-state index contributed by atoms with van der Waals surface area (Å²) in [6, 6.07) is 11.8. The smallest absolute Gasteiger partial charge is 0.326 e. The molecule has 0 aliphatic carbocycles. The van der Waals surface area contributed by atoms with Gasteiger partial charge in [-0.1, -0.05) is 62.4 Å². The Labute approximate surface area is 232 Å². The van der Waals surface area contributed by atoms with Gasteiger partial charge in [-0.3, -0.25) is 14.4 Å². The minimum Gasteiger partial charge on any atom is -0.480 e. The number of carboxylic acid groups (broad SMARTS) is 1. The molecule has 11 heteroatoms. The molecule has 1 heterocycles. The fourth-order valence-corrected chi connectivity index (χ4v) is 4.38. The molecule has 5 atom stereocenters. The third kappa shape index (κ3) is 7.90. The number of hydrogen-bond acceptors (Lipinski definition) is 6. The predicted octanol–water partition coefficient (Wildman–Crippen LogP) is 0.856. The van der Waals surface area contributed by atoms with Crippen LogP contribution in [-0.4, -0.2) is 69.2 Å². The van der Waals surface area contributed by atoms with Gasteiger partial charge < -0.3 is 36.9 Å². The maximum Gasteiger partial charge on any atom is 0.326 e. The van der Waals surface area contributed by atoms with Gasteiger partial charge in [0, 0.05) is 23.5 Å². The Balaban J connectivity index is 1.76. The van der Waals surface area contributed by atoms with Crippen molar-refractivity contribution in [3.8, 4) is 0 Å². The second-order valence-corrected chi connectivity index (χ2v) is 10.2. The second kappa shape index (κ2) is 13.7. The van der Waals surface area contributed by atoms with E-state index in [4.69, 9.17) is 5.73 Å². The van der Waals surface area contributed by atoms with E-state index in [-0.39, 0.29) is 12.8 Å². The van der Waals surface area contributed by atoms with Gasteiger partial charge in [0.25, 0.3) is 0 Å². The van der Waals surface area contributed by atoms with E-state index >= 15 is 0 Å². The quantitative estimate of drug-likeness (QED) is 0.164. The monoisotopic (exact) mass is 551 g/mol. The number of aliphatic hydroxyl groups is 1. The van der Waals surface area contributed by atoms with Crippen LogP contribution in [0.3, 0.4) is 0 Å². The van der Waals surface area contributed by atoms with Crippen molar-refractivity contribution in [2.24, 2.45) is 11.7 Å². The Morgan fingerprint density at radius 3 is 2.08 bits per heavy atom. The minimum atomic E-state index is -1.46. The Morgan fingerprint density at radius 2 is 1.45 bits per heavy atom. The molecule has 0 aliphatic rings. The van der Waals surface area contributed by atoms with E-state index in [1.807, 2.05) is 30.3 Å². The zero-order chi connectivity index (χ0) is 29.4. The molecular weight excluding hydrogens is 514 g/mol. The van der Waals surface area contributed by atoms with Crippen molar-refractivity contribution in [2.45, 2.75) is 63.9 Å². The largest absolute Gasteiger partial charge is 0.480 e. The van der Waals surface area contributed by atoms with Crippen LogP contribution in [0.2, 0.25) is 0 Å². The number of rotatable bonds is 13. The van der Waals surface area contributed by atoms with Crippen molar-refractivity contribution in [2.75, 3.05) is 0 Å². The highest BCUT2D eigenvalue weighted by Crippen LogP contribution is 2.19. The number of aromatic amines is 1. The minimum absolute atomic E-state index is 0.0934. The molecule has 3 aromatic rings. The molecule has 0 aliphatic heterocycles. The van der Waals surface area contributed by atoms with E-state index in [1.54, 1.807) is 44.3 Å². The average Bonchev–Trinajstić information content (AvgIpc) is 3.32. The van der Waals surface area contributed by atoms with E-state index in [0.29, 0.717) is 0 Å². The Hall–Kier alpha value is -4.22. The molecule has 8 N–H and O–H groups in total. The zero-order valence-corrected chi connectivity index (χ0v) is 22.8. The molecular formula is C29H37N5O6. The number of fused-ring (bicyclic) bond motifs is 1. The molecule has 0 spiro atoms. The molecule has 11 nitrogen and oxygen atoms in total. The van der Waals surface area contributed by atoms with E-state index in [2.05, 4.69) is 20.9 Å². The van der Waals surface area contributed by atoms with Crippen LogP contribution in [0.1, 0.15) is 31.9 Å². The number of carbonyl (C=O) groups is 4. The molecule has 40 heavy (non-hydrogen) atoms. The summed E-state index contributed by atoms with van der Waals surface area (Å²) in [5.74, 6) is -3.82. The predicted molar refractivity (Wildman–Crippen MR) is 150 cm³/mol. The number of aliphatic carboxylic acids is 1. The van der Waals surface area contributed by atoms with Gasteiger partial charge >= 0.3 is 5.97 Å². The number of aromatic nitrogens is 1. The Kier molecular flexibility index (Phi) is 10.4. The molecule has 3 amide bonds. The summed E-state index contributed by atoms with van der Waals surface area (Å²) in [5.41, 5.74) is 8.75. The molecule has 1 aromatic heterocycles. The van der Waals surface area contributed by atoms with Crippen LogP contribution in [0, 0.1) is 5.92 Å². The first-order chi connectivity index (χ1) is 19.0. The Morgan fingerprint density at radius 1 is 0.825 bits per heavy atom. The van der Waals surface area contributed by atoms with Gasteiger partial charge in [-0.05, 0) is 36.5 Å². The van der Waals surface area contributed by atoms with Crippen LogP contribution in [-0.2, 0) is 32.0 Å². The van der Waals surface area contributed by atoms with Crippen molar-refractivity contribution in [1.29, 1.82) is 0 Å². The fourth-order valence-electron chi connectivity index (χ4n) is 4.38. The summed E-state index contributed by atoms with van der Waals surface area (Å²) in [7, 11) is 0. The zero-order valence-electron chi connectivity index (χ0n) is 22.8. The van der Waals surface area contributed by atoms with E-state index in [1.165, 1.54) is 6.92 Å². The summed E-state index contributed by atoms with van der Waals surface area (Å²) in [6.07, 6.45) is 0.762. The standard InChI is InChI=1S/C29H37N5O6/c1-16(2)24(29(39)40)33-28(38)25(17(3)35)34-27(37)23(13-18-9-5-4-6-10-18)32-26(36)21(30)14-19-15-31-22-12-8-7-11-20(19)22/h4-12,15-17,21,23-25,31,35H,13-14,30H2,1-3H3,(H,32,36)(H,33,38)(H,34,37)(H,39,40). The molecule has 0 radical (unpaired) electrons. The molecule has 2 aromatic carbocycles. The number of nitrogens with one attached hydrogen (secondary N) is 4. The highest BCUT2D eigenvalue weighted by atomic mass is 16.4. The lowest BCUT2D eigenvalue weighted by Crippen LogP contribution is -2.60. The van der Waals surface area contributed by atoms with Gasteiger partial charge in [-0.2, -0.15) is 0 Å². The number of nitrogens with two attached hydrogens (primary N) is 1. The maximum absolute atomic E-state index is 13.4. The molecule has 0 bridgehead atoms. The van der Waals surface area contributed by atoms with Crippen LogP contribution >= 0.6 is 0 Å². The topological polar surface area (TPSA) is 187 Å². The van der Waals surface area contributed by atoms with Gasteiger partial charge in [0.05, 0.1) is 12.1 Å². The number of benzene rings is 2. The Bertz CT molecular complexity index is 1320. The summed E-state index contributed by atoms with van der Waals surface area (Å²) in [4.78, 5) is 54.1. The van der Waals surface area contributed by atoms with Gasteiger partial charge in [0.1, 0.15) is 18.1 Å². The van der Waals surface area contributed by atoms with Crippen molar-refractivity contribution >= 4 is 34.6 Å². The first-order valence-electron chi connectivity index (χ1n) is 13.1. The third-order valence-electron chi connectivity index (χ3n) is 6.66. The fraction of sp³-hybridized carbons (Fsp3) is 0.379. The van der Waals surface area contributed by atoms with E-state index in [9.17, 15) is 29.4 Å². The van der Waals surface area contributed by atoms with Crippen molar-refractivity contribution < 1.29 is 29.4 Å². The summed E-state index contributed by atoms with van der Waals surface area (Å²) < 4.78 is 0. The lowest BCUT2D eigenvalue weighted by atomic mass is 10.0. The van der Waals surface area contributed by atoms with Crippen molar-refractivity contribution in [3.05, 3.63) is 71.9 Å². The van der Waals surface area contributed by atoms with Gasteiger partial charge in [-0.15, -0.1) is 0 Å². The lowest BCUT2D eigenvalue weighted by Gasteiger charge is -2.27. The van der Waals surface area contributed by atoms with Gasteiger partial charge in [-0.25, -0.2) is 4.79 Å². The first kappa shape index (κ1) is 30.3. The number of hydrogen-bond donors (Lipinski definition) is 7. The summed E-state index contributed by atoms with van der Waals surface area (Å²) in [5, 5.41) is 28.2. The number of H-pyrrole nitrogens is 1. The molecule has 5 unspecified atom stereocenters. The van der Waals surface area contributed by atoms with Crippen LogP contribution in [0.4, 0.5) is 0 Å². The van der Waals surface area contributed by atoms with Crippen LogP contribution in [0.15, 0.2) is 60.8 Å². The third-order valence-corrected chi connectivity index (χ3v) is 6.66. The van der Waals surface area contributed by atoms with E-state index < -0.39 is 59.9 Å². The lowest BCUT2D eigenvalue weighted by molar-refractivity contribution is -0.144. The summed E-state index contributed by atoms with van der Waals surface area (Å²) in [6.45, 7) is 4.55. The van der Waals surface area contributed by atoms with Crippen molar-refractivity contribution in [1.82, 2.24) is 20.9 Å². The van der Waals surface area contributed by atoms with Gasteiger partial charge in [0.2, 0.25) is 17.7 Å². The average molecular weight is 552 g/mol. The number of para-hydroxylation sites is 1. The highest BCUT2D eigenvalue weighted by Gasteiger charge is 2.33. The molecule has 0 saturated heterocycles. The number of aliphatic hydroxyl groups excluding tert-OH is 1. The molecule has 0 saturated carbocycles. The maximum atomic E-state index is 13.4. The van der Waals surface area contributed by atoms with Crippen LogP contribution in [0.25, 0.3) is 10.9 Å². The number of carboxylic acids is 1. The van der Waals surface area contributed by atoms with Crippen LogP contribution < -0.4 is 21.7 Å².